The van der Waals surface area contributed by atoms with E-state index in [9.17, 15) is 40.4 Å². The monoisotopic (exact) mass is 606 g/mol. The van der Waals surface area contributed by atoms with Crippen molar-refractivity contribution in [3.05, 3.63) is 94.7 Å². The number of aliphatic imine (C=N–C) groups is 1. The van der Waals surface area contributed by atoms with E-state index in [4.69, 9.17) is 4.99 Å². The zero-order valence-electron chi connectivity index (χ0n) is 22.6. The number of nitriles is 1. The van der Waals surface area contributed by atoms with E-state index in [-0.39, 0.29) is 17.9 Å². The van der Waals surface area contributed by atoms with Gasteiger partial charge < -0.3 is 9.80 Å². The van der Waals surface area contributed by atoms with Crippen LogP contribution >= 0.6 is 0 Å². The van der Waals surface area contributed by atoms with Crippen molar-refractivity contribution in [2.45, 2.75) is 44.6 Å². The molecule has 2 aromatic rings. The molecule has 0 saturated carbocycles. The minimum absolute atomic E-state index is 0.101. The van der Waals surface area contributed by atoms with Gasteiger partial charge in [-0.05, 0) is 54.5 Å². The van der Waals surface area contributed by atoms with Crippen LogP contribution in [0.4, 0.5) is 22.0 Å². The van der Waals surface area contributed by atoms with Crippen LogP contribution in [0.25, 0.3) is 0 Å². The summed E-state index contributed by atoms with van der Waals surface area (Å²) in [5.41, 5.74) is -0.578. The van der Waals surface area contributed by atoms with Gasteiger partial charge in [-0.25, -0.2) is 17.2 Å². The molecule has 0 aliphatic carbocycles. The Morgan fingerprint density at radius 3 is 2.45 bits per heavy atom. The zero-order valence-corrected chi connectivity index (χ0v) is 23.5. The van der Waals surface area contributed by atoms with Gasteiger partial charge in [-0.2, -0.15) is 18.4 Å². The lowest BCUT2D eigenvalue weighted by atomic mass is 9.92. The second-order valence-electron chi connectivity index (χ2n) is 9.96. The molecule has 3 atom stereocenters. The molecule has 0 saturated heterocycles. The normalized spacial score (nSPS) is 19.0. The number of halogens is 5. The van der Waals surface area contributed by atoms with Crippen molar-refractivity contribution in [1.82, 2.24) is 9.80 Å². The van der Waals surface area contributed by atoms with E-state index in [1.54, 1.807) is 36.1 Å². The Kier molecular flexibility index (Phi) is 8.87. The van der Waals surface area contributed by atoms with Gasteiger partial charge in [0, 0.05) is 18.5 Å². The van der Waals surface area contributed by atoms with Crippen molar-refractivity contribution in [2.75, 3.05) is 18.1 Å². The molecule has 7 nitrogen and oxygen atoms in total. The van der Waals surface area contributed by atoms with Crippen molar-refractivity contribution in [1.29, 1.82) is 5.26 Å². The summed E-state index contributed by atoms with van der Waals surface area (Å²) in [4.78, 5) is 21.2. The van der Waals surface area contributed by atoms with Crippen LogP contribution in [0.2, 0.25) is 0 Å². The number of sulfone groups is 1. The second-order valence-corrected chi connectivity index (χ2v) is 12.4. The lowest BCUT2D eigenvalue weighted by molar-refractivity contribution is -0.140. The average Bonchev–Trinajstić information content (AvgIpc) is 3.32. The number of allylic oxidation sites excluding steroid dienone is 2. The van der Waals surface area contributed by atoms with E-state index in [2.05, 4.69) is 0 Å². The van der Waals surface area contributed by atoms with Crippen LogP contribution in [-0.4, -0.2) is 60.1 Å². The summed E-state index contributed by atoms with van der Waals surface area (Å²) in [6.07, 6.45) is -1.59. The van der Waals surface area contributed by atoms with E-state index < -0.39 is 69.4 Å². The number of rotatable bonds is 9. The van der Waals surface area contributed by atoms with Crippen LogP contribution in [0.3, 0.4) is 0 Å². The van der Waals surface area contributed by atoms with E-state index in [0.717, 1.165) is 6.07 Å². The molecule has 0 aromatic heterocycles. The smallest absolute Gasteiger partial charge is 0.336 e. The van der Waals surface area contributed by atoms with Gasteiger partial charge in [-0.1, -0.05) is 25.1 Å². The Labute approximate surface area is 240 Å². The molecule has 42 heavy (non-hydrogen) atoms. The van der Waals surface area contributed by atoms with Crippen LogP contribution in [-0.2, 0) is 27.2 Å². The molecule has 2 heterocycles. The highest BCUT2D eigenvalue weighted by atomic mass is 32.2. The fourth-order valence-electron chi connectivity index (χ4n) is 4.98. The lowest BCUT2D eigenvalue weighted by Gasteiger charge is -2.36. The van der Waals surface area contributed by atoms with Crippen LogP contribution in [0, 0.1) is 17.1 Å². The van der Waals surface area contributed by atoms with Gasteiger partial charge in [0.05, 0.1) is 47.5 Å². The van der Waals surface area contributed by atoms with E-state index in [1.165, 1.54) is 30.2 Å². The molecule has 2 unspecified atom stereocenters. The van der Waals surface area contributed by atoms with Crippen LogP contribution in [0.1, 0.15) is 42.1 Å². The van der Waals surface area contributed by atoms with Crippen LogP contribution < -0.4 is 0 Å². The first-order valence-electron chi connectivity index (χ1n) is 13.0. The standard InChI is InChI=1S/C29H27F5N4O3S/c1-3-42(40,41)13-12-37(26(39)15-20-6-10-24(31)23(14-20)29(32,33)34)18(2)27-28(21-7-4-19(16-35)5-8-21)38-17-22(30)9-11-25(38)36-27/h4-11,14,17-18,27-28H,3,12-13,15H2,1-2H3/t18-,27?,28?/m1/s1. The van der Waals surface area contributed by atoms with E-state index >= 15 is 0 Å². The maximum Gasteiger partial charge on any atom is 0.419 e. The van der Waals surface area contributed by atoms with Gasteiger partial charge in [-0.15, -0.1) is 0 Å². The number of amides is 1. The van der Waals surface area contributed by atoms with E-state index in [0.29, 0.717) is 29.1 Å². The summed E-state index contributed by atoms with van der Waals surface area (Å²) in [5, 5.41) is 9.21. The Morgan fingerprint density at radius 1 is 1.14 bits per heavy atom. The maximum atomic E-state index is 14.3. The number of fused-ring (bicyclic) bond motifs is 1. The molecule has 0 spiro atoms. The SMILES string of the molecule is CCS(=O)(=O)CCN(C(=O)Cc1ccc(F)c(C(F)(F)F)c1)[C@H](C)C1N=C2C=CC(F)=CN2C1c1ccc(C#N)cc1. The van der Waals surface area contributed by atoms with E-state index in [1.807, 2.05) is 6.07 Å². The van der Waals surface area contributed by atoms with Crippen molar-refractivity contribution in [3.63, 3.8) is 0 Å². The summed E-state index contributed by atoms with van der Waals surface area (Å²) in [5.74, 6) is -2.90. The fourth-order valence-corrected chi connectivity index (χ4v) is 5.75. The fraction of sp³-hybridized carbons (Fsp3) is 0.345. The predicted octanol–water partition coefficient (Wildman–Crippen LogP) is 5.12. The number of nitrogens with zero attached hydrogens (tertiary/aromatic N) is 4. The summed E-state index contributed by atoms with van der Waals surface area (Å²) in [6, 6.07) is 8.59. The molecular formula is C29H27F5N4O3S. The summed E-state index contributed by atoms with van der Waals surface area (Å²) in [7, 11) is -3.55. The summed E-state index contributed by atoms with van der Waals surface area (Å²) in [6.45, 7) is 2.82. The molecule has 0 N–H and O–H groups in total. The van der Waals surface area contributed by atoms with Crippen molar-refractivity contribution in [2.24, 2.45) is 4.99 Å². The van der Waals surface area contributed by atoms with Crippen molar-refractivity contribution < 1.29 is 35.2 Å². The molecule has 2 aliphatic heterocycles. The van der Waals surface area contributed by atoms with Gasteiger partial charge in [-0.3, -0.25) is 9.79 Å². The molecule has 13 heteroatoms. The maximum absolute atomic E-state index is 14.3. The summed E-state index contributed by atoms with van der Waals surface area (Å²) < 4.78 is 92.8. The number of benzene rings is 2. The Morgan fingerprint density at radius 2 is 1.83 bits per heavy atom. The molecule has 1 amide bonds. The number of amidine groups is 1. The van der Waals surface area contributed by atoms with Crippen LogP contribution in [0.15, 0.2) is 71.6 Å². The molecule has 4 rings (SSSR count). The second kappa shape index (κ2) is 12.1. The Balaban J connectivity index is 1.71. The van der Waals surface area contributed by atoms with Gasteiger partial charge in [0.2, 0.25) is 5.91 Å². The van der Waals surface area contributed by atoms with Gasteiger partial charge in [0.15, 0.2) is 9.84 Å². The highest BCUT2D eigenvalue weighted by Crippen LogP contribution is 2.38. The number of carbonyl (C=O) groups is 1. The highest BCUT2D eigenvalue weighted by molar-refractivity contribution is 7.91. The zero-order chi connectivity index (χ0) is 30.8. The highest BCUT2D eigenvalue weighted by Gasteiger charge is 2.43. The molecule has 2 aliphatic rings. The third-order valence-corrected chi connectivity index (χ3v) is 8.97. The number of alkyl halides is 3. The Hall–Kier alpha value is -4.05. The molecular weight excluding hydrogens is 579 g/mol. The quantitative estimate of drug-likeness (QED) is 0.370. The molecule has 0 bridgehead atoms. The van der Waals surface area contributed by atoms with Crippen molar-refractivity contribution in [3.8, 4) is 6.07 Å². The first-order chi connectivity index (χ1) is 19.7. The Bertz CT molecular complexity index is 1590. The number of hydrogen-bond donors (Lipinski definition) is 0. The van der Waals surface area contributed by atoms with Gasteiger partial charge in [0.25, 0.3) is 0 Å². The molecule has 0 radical (unpaired) electrons. The van der Waals surface area contributed by atoms with Crippen molar-refractivity contribution >= 4 is 21.6 Å². The van der Waals surface area contributed by atoms with Gasteiger partial charge >= 0.3 is 6.18 Å². The molecule has 0 fully saturated rings. The first-order valence-corrected chi connectivity index (χ1v) is 14.8. The third-order valence-electron chi connectivity index (χ3n) is 7.29. The van der Waals surface area contributed by atoms with Crippen LogP contribution in [0.5, 0.6) is 0 Å². The molecule has 222 valence electrons. The topological polar surface area (TPSA) is 93.8 Å². The first kappa shape index (κ1) is 30.9. The minimum Gasteiger partial charge on any atom is -0.336 e. The molecule has 2 aromatic carbocycles. The lowest BCUT2D eigenvalue weighted by Crippen LogP contribution is -2.49. The largest absolute Gasteiger partial charge is 0.419 e. The predicted molar refractivity (Wildman–Crippen MR) is 146 cm³/mol. The average molecular weight is 607 g/mol. The summed E-state index contributed by atoms with van der Waals surface area (Å²) >= 11 is 0. The van der Waals surface area contributed by atoms with Gasteiger partial charge in [0.1, 0.15) is 17.5 Å². The third kappa shape index (κ3) is 6.70. The minimum atomic E-state index is -4.97. The number of carbonyl (C=O) groups excluding carboxylic acids is 1. The number of hydrogen-bond acceptors (Lipinski definition) is 6.